The summed E-state index contributed by atoms with van der Waals surface area (Å²) in [5.74, 6) is -2.34. The Hall–Kier alpha value is -2.39. The fourth-order valence-corrected chi connectivity index (χ4v) is 2.42. The molecule has 0 aromatic carbocycles. The van der Waals surface area contributed by atoms with Crippen LogP contribution in [0.3, 0.4) is 0 Å². The van der Waals surface area contributed by atoms with E-state index in [9.17, 15) is 14.0 Å². The second-order valence-electron chi connectivity index (χ2n) is 3.90. The standard InChI is InChI=1S/C11H4ClFN4O3S/c12-8-6(13)1-4-7(18)5(10(19)20)2-17(9(4)16-8)11-14-3-15-21-11/h1-3H,(H,19,20). The highest BCUT2D eigenvalue weighted by molar-refractivity contribution is 7.08. The van der Waals surface area contributed by atoms with Crippen LogP contribution in [0, 0.1) is 5.82 Å². The average Bonchev–Trinajstić information content (AvgIpc) is 2.95. The van der Waals surface area contributed by atoms with Gasteiger partial charge >= 0.3 is 5.97 Å². The van der Waals surface area contributed by atoms with Crippen molar-refractivity contribution < 1.29 is 14.3 Å². The van der Waals surface area contributed by atoms with E-state index in [-0.39, 0.29) is 16.2 Å². The number of carbonyl (C=O) groups is 1. The van der Waals surface area contributed by atoms with Gasteiger partial charge in [-0.05, 0) is 6.07 Å². The van der Waals surface area contributed by atoms with E-state index in [1.54, 1.807) is 0 Å². The molecule has 0 unspecified atom stereocenters. The molecule has 0 aliphatic heterocycles. The minimum Gasteiger partial charge on any atom is -0.477 e. The number of halogens is 2. The number of carboxylic acid groups (broad SMARTS) is 1. The number of rotatable bonds is 2. The molecule has 1 N–H and O–H groups in total. The van der Waals surface area contributed by atoms with Gasteiger partial charge < -0.3 is 5.11 Å². The molecule has 0 amide bonds. The van der Waals surface area contributed by atoms with Crippen molar-refractivity contribution in [3.63, 3.8) is 0 Å². The largest absolute Gasteiger partial charge is 0.477 e. The zero-order valence-corrected chi connectivity index (χ0v) is 11.5. The summed E-state index contributed by atoms with van der Waals surface area (Å²) in [6, 6.07) is 0.858. The third-order valence-electron chi connectivity index (χ3n) is 2.67. The molecule has 106 valence electrons. The van der Waals surface area contributed by atoms with Crippen molar-refractivity contribution in [1.29, 1.82) is 0 Å². The molecule has 0 aliphatic rings. The molecular formula is C11H4ClFN4O3S. The fraction of sp³-hybridized carbons (Fsp3) is 0. The first-order valence-corrected chi connectivity index (χ1v) is 6.56. The highest BCUT2D eigenvalue weighted by Crippen LogP contribution is 2.21. The summed E-state index contributed by atoms with van der Waals surface area (Å²) in [6.07, 6.45) is 2.32. The molecule has 21 heavy (non-hydrogen) atoms. The van der Waals surface area contributed by atoms with Crippen LogP contribution in [0.15, 0.2) is 23.4 Å². The molecule has 7 nitrogen and oxygen atoms in total. The van der Waals surface area contributed by atoms with Gasteiger partial charge in [0.25, 0.3) is 0 Å². The van der Waals surface area contributed by atoms with Crippen LogP contribution in [-0.2, 0) is 0 Å². The molecular weight excluding hydrogens is 323 g/mol. The Morgan fingerprint density at radius 3 is 2.86 bits per heavy atom. The van der Waals surface area contributed by atoms with E-state index >= 15 is 0 Å². The maximum atomic E-state index is 13.5. The number of pyridine rings is 2. The number of nitrogens with zero attached hydrogens (tertiary/aromatic N) is 4. The lowest BCUT2D eigenvalue weighted by molar-refractivity contribution is 0.0695. The van der Waals surface area contributed by atoms with Crippen LogP contribution in [0.5, 0.6) is 0 Å². The zero-order valence-electron chi connectivity index (χ0n) is 9.95. The molecule has 0 fully saturated rings. The Bertz CT molecular complexity index is 925. The van der Waals surface area contributed by atoms with Gasteiger partial charge in [0.15, 0.2) is 16.6 Å². The molecule has 0 saturated carbocycles. The van der Waals surface area contributed by atoms with Gasteiger partial charge in [-0.25, -0.2) is 19.2 Å². The fourth-order valence-electron chi connectivity index (χ4n) is 1.77. The van der Waals surface area contributed by atoms with Gasteiger partial charge in [-0.15, -0.1) is 0 Å². The van der Waals surface area contributed by atoms with E-state index in [2.05, 4.69) is 14.3 Å². The van der Waals surface area contributed by atoms with Crippen molar-refractivity contribution in [2.24, 2.45) is 0 Å². The van der Waals surface area contributed by atoms with Crippen molar-refractivity contribution in [3.8, 4) is 5.13 Å². The van der Waals surface area contributed by atoms with Crippen molar-refractivity contribution in [2.75, 3.05) is 0 Å². The first-order chi connectivity index (χ1) is 9.99. The number of hydrogen-bond acceptors (Lipinski definition) is 6. The Labute approximate surface area is 124 Å². The van der Waals surface area contributed by atoms with Gasteiger partial charge in [0, 0.05) is 17.7 Å². The molecule has 0 radical (unpaired) electrons. The summed E-state index contributed by atoms with van der Waals surface area (Å²) >= 11 is 6.58. The Morgan fingerprint density at radius 1 is 1.48 bits per heavy atom. The quantitative estimate of drug-likeness (QED) is 0.720. The molecule has 0 aliphatic carbocycles. The van der Waals surface area contributed by atoms with Gasteiger partial charge in [-0.1, -0.05) is 11.6 Å². The number of aromatic nitrogens is 4. The number of aromatic carboxylic acids is 1. The van der Waals surface area contributed by atoms with Crippen molar-refractivity contribution >= 4 is 40.1 Å². The first kappa shape index (κ1) is 13.6. The highest BCUT2D eigenvalue weighted by atomic mass is 35.5. The van der Waals surface area contributed by atoms with Gasteiger partial charge in [-0.3, -0.25) is 9.36 Å². The minimum atomic E-state index is -1.43. The topological polar surface area (TPSA) is 98.0 Å². The lowest BCUT2D eigenvalue weighted by atomic mass is 10.2. The van der Waals surface area contributed by atoms with Crippen molar-refractivity contribution in [3.05, 3.63) is 45.3 Å². The van der Waals surface area contributed by atoms with Crippen molar-refractivity contribution in [1.82, 2.24) is 18.9 Å². The highest BCUT2D eigenvalue weighted by Gasteiger charge is 2.19. The summed E-state index contributed by atoms with van der Waals surface area (Å²) in [5, 5.41) is 8.73. The average molecular weight is 327 g/mol. The van der Waals surface area contributed by atoms with E-state index < -0.39 is 27.9 Å². The lowest BCUT2D eigenvalue weighted by Gasteiger charge is -2.08. The van der Waals surface area contributed by atoms with E-state index in [4.69, 9.17) is 16.7 Å². The van der Waals surface area contributed by atoms with E-state index in [1.165, 1.54) is 10.9 Å². The molecule has 3 rings (SSSR count). The summed E-state index contributed by atoms with van der Waals surface area (Å²) in [4.78, 5) is 30.9. The molecule has 10 heteroatoms. The minimum absolute atomic E-state index is 0.00755. The van der Waals surface area contributed by atoms with Crippen LogP contribution in [-0.4, -0.2) is 30.0 Å². The molecule has 3 aromatic rings. The first-order valence-electron chi connectivity index (χ1n) is 5.41. The van der Waals surface area contributed by atoms with Crippen LogP contribution < -0.4 is 5.43 Å². The summed E-state index contributed by atoms with van der Waals surface area (Å²) in [7, 11) is 0. The van der Waals surface area contributed by atoms with E-state index in [1.807, 2.05) is 0 Å². The Balaban J connectivity index is 2.51. The predicted molar refractivity (Wildman–Crippen MR) is 72.7 cm³/mol. The van der Waals surface area contributed by atoms with E-state index in [0.717, 1.165) is 23.8 Å². The van der Waals surface area contributed by atoms with Gasteiger partial charge in [0.1, 0.15) is 11.9 Å². The molecule has 3 heterocycles. The lowest BCUT2D eigenvalue weighted by Crippen LogP contribution is -2.19. The van der Waals surface area contributed by atoms with Gasteiger partial charge in [0.2, 0.25) is 10.6 Å². The third kappa shape index (κ3) is 2.16. The molecule has 0 bridgehead atoms. The van der Waals surface area contributed by atoms with Crippen LogP contribution in [0.4, 0.5) is 4.39 Å². The second kappa shape index (κ2) is 4.86. The van der Waals surface area contributed by atoms with Gasteiger partial charge in [-0.2, -0.15) is 4.37 Å². The maximum Gasteiger partial charge on any atom is 0.341 e. The van der Waals surface area contributed by atoms with Gasteiger partial charge in [0.05, 0.1) is 5.39 Å². The smallest absolute Gasteiger partial charge is 0.341 e. The summed E-state index contributed by atoms with van der Waals surface area (Å²) in [5.41, 5.74) is -1.37. The molecule has 0 atom stereocenters. The number of carboxylic acids is 1. The van der Waals surface area contributed by atoms with Crippen LogP contribution in [0.25, 0.3) is 16.2 Å². The zero-order chi connectivity index (χ0) is 15.1. The predicted octanol–water partition coefficient (Wildman–Crippen LogP) is 1.73. The van der Waals surface area contributed by atoms with Crippen LogP contribution in [0.1, 0.15) is 10.4 Å². The van der Waals surface area contributed by atoms with Crippen molar-refractivity contribution in [2.45, 2.75) is 0 Å². The normalized spacial score (nSPS) is 11.0. The summed E-state index contributed by atoms with van der Waals surface area (Å²) < 4.78 is 18.6. The second-order valence-corrected chi connectivity index (χ2v) is 5.02. The van der Waals surface area contributed by atoms with E-state index in [0.29, 0.717) is 0 Å². The van der Waals surface area contributed by atoms with Crippen LogP contribution >= 0.6 is 23.1 Å². The molecule has 0 saturated heterocycles. The third-order valence-corrected chi connectivity index (χ3v) is 3.61. The number of hydrogen-bond donors (Lipinski definition) is 1. The molecule has 3 aromatic heterocycles. The monoisotopic (exact) mass is 326 g/mol. The Morgan fingerprint density at radius 2 is 2.24 bits per heavy atom. The number of fused-ring (bicyclic) bond motifs is 1. The maximum absolute atomic E-state index is 13.5. The molecule has 0 spiro atoms. The SMILES string of the molecule is O=C(O)c1cn(-c2ncns2)c2nc(Cl)c(F)cc2c1=O. The summed E-state index contributed by atoms with van der Waals surface area (Å²) in [6.45, 7) is 0. The Kier molecular flexibility index (Phi) is 3.15. The van der Waals surface area contributed by atoms with Crippen LogP contribution in [0.2, 0.25) is 5.15 Å².